The Balaban J connectivity index is 3.24. The second-order valence-corrected chi connectivity index (χ2v) is 5.36. The molecule has 0 aromatic heterocycles. The SMILES string of the molecule is CCc1cccc(C)c1C(=O)N(C(C)C)C(C)C. The molecule has 1 rings (SSSR count). The first-order chi connectivity index (χ1) is 8.40. The van der Waals surface area contributed by atoms with Gasteiger partial charge in [0.05, 0.1) is 0 Å². The fourth-order valence-corrected chi connectivity index (χ4v) is 2.52. The summed E-state index contributed by atoms with van der Waals surface area (Å²) < 4.78 is 0. The molecule has 2 heteroatoms. The molecule has 0 saturated carbocycles. The molecule has 0 aliphatic heterocycles. The Morgan fingerprint density at radius 1 is 1.17 bits per heavy atom. The molecule has 100 valence electrons. The molecule has 0 heterocycles. The van der Waals surface area contributed by atoms with Crippen LogP contribution in [-0.2, 0) is 6.42 Å². The van der Waals surface area contributed by atoms with E-state index in [1.807, 2.05) is 24.0 Å². The van der Waals surface area contributed by atoms with E-state index in [1.165, 1.54) is 0 Å². The van der Waals surface area contributed by atoms with Crippen molar-refractivity contribution in [1.29, 1.82) is 0 Å². The molecule has 0 atom stereocenters. The van der Waals surface area contributed by atoms with Gasteiger partial charge in [-0.2, -0.15) is 0 Å². The van der Waals surface area contributed by atoms with Crippen LogP contribution in [0.4, 0.5) is 0 Å². The highest BCUT2D eigenvalue weighted by molar-refractivity contribution is 5.97. The highest BCUT2D eigenvalue weighted by atomic mass is 16.2. The number of carbonyl (C=O) groups is 1. The molecule has 0 radical (unpaired) electrons. The van der Waals surface area contributed by atoms with Crippen LogP contribution in [0.3, 0.4) is 0 Å². The maximum atomic E-state index is 12.8. The Bertz CT molecular complexity index is 413. The summed E-state index contributed by atoms with van der Waals surface area (Å²) in [5.41, 5.74) is 3.11. The predicted molar refractivity (Wildman–Crippen MR) is 77.0 cm³/mol. The number of carbonyl (C=O) groups excluding carboxylic acids is 1. The molecule has 0 N–H and O–H groups in total. The Morgan fingerprint density at radius 2 is 1.72 bits per heavy atom. The summed E-state index contributed by atoms with van der Waals surface area (Å²) in [7, 11) is 0. The summed E-state index contributed by atoms with van der Waals surface area (Å²) in [4.78, 5) is 14.7. The number of rotatable bonds is 4. The first-order valence-electron chi connectivity index (χ1n) is 6.81. The second kappa shape index (κ2) is 6.03. The second-order valence-electron chi connectivity index (χ2n) is 5.36. The van der Waals surface area contributed by atoms with Crippen molar-refractivity contribution in [1.82, 2.24) is 4.90 Å². The Labute approximate surface area is 111 Å². The monoisotopic (exact) mass is 247 g/mol. The summed E-state index contributed by atoms with van der Waals surface area (Å²) >= 11 is 0. The van der Waals surface area contributed by atoms with E-state index in [4.69, 9.17) is 0 Å². The molecule has 1 aromatic carbocycles. The third-order valence-electron chi connectivity index (χ3n) is 3.30. The number of nitrogens with zero attached hydrogens (tertiary/aromatic N) is 1. The summed E-state index contributed by atoms with van der Waals surface area (Å²) in [6.45, 7) is 12.4. The van der Waals surface area contributed by atoms with Crippen LogP contribution in [0.15, 0.2) is 18.2 Å². The number of hydrogen-bond donors (Lipinski definition) is 0. The average Bonchev–Trinajstić information content (AvgIpc) is 2.27. The van der Waals surface area contributed by atoms with Gasteiger partial charge in [0.15, 0.2) is 0 Å². The lowest BCUT2D eigenvalue weighted by Crippen LogP contribution is -2.42. The van der Waals surface area contributed by atoms with Gasteiger partial charge in [-0.25, -0.2) is 0 Å². The summed E-state index contributed by atoms with van der Waals surface area (Å²) in [5, 5.41) is 0. The molecule has 0 saturated heterocycles. The normalized spacial score (nSPS) is 11.1. The van der Waals surface area contributed by atoms with Crippen LogP contribution in [-0.4, -0.2) is 22.9 Å². The van der Waals surface area contributed by atoms with Crippen molar-refractivity contribution in [2.24, 2.45) is 0 Å². The van der Waals surface area contributed by atoms with Gasteiger partial charge in [0.2, 0.25) is 0 Å². The average molecular weight is 247 g/mol. The van der Waals surface area contributed by atoms with Crippen molar-refractivity contribution in [3.8, 4) is 0 Å². The van der Waals surface area contributed by atoms with E-state index in [-0.39, 0.29) is 18.0 Å². The first kappa shape index (κ1) is 14.7. The van der Waals surface area contributed by atoms with E-state index in [1.54, 1.807) is 0 Å². The standard InChI is InChI=1S/C16H25NO/c1-7-14-10-8-9-13(6)15(14)16(18)17(11(2)3)12(4)5/h8-12H,7H2,1-6H3. The van der Waals surface area contributed by atoms with Crippen molar-refractivity contribution >= 4 is 5.91 Å². The highest BCUT2D eigenvalue weighted by Crippen LogP contribution is 2.20. The zero-order valence-corrected chi connectivity index (χ0v) is 12.4. The molecule has 0 fully saturated rings. The van der Waals surface area contributed by atoms with Crippen molar-refractivity contribution in [3.63, 3.8) is 0 Å². The van der Waals surface area contributed by atoms with Gasteiger partial charge in [-0.05, 0) is 52.2 Å². The van der Waals surface area contributed by atoms with Gasteiger partial charge in [-0.3, -0.25) is 4.79 Å². The lowest BCUT2D eigenvalue weighted by atomic mass is 9.98. The van der Waals surface area contributed by atoms with Crippen LogP contribution >= 0.6 is 0 Å². The molecule has 1 aromatic rings. The maximum Gasteiger partial charge on any atom is 0.254 e. The van der Waals surface area contributed by atoms with E-state index >= 15 is 0 Å². The van der Waals surface area contributed by atoms with Gasteiger partial charge in [0.25, 0.3) is 5.91 Å². The minimum atomic E-state index is 0.162. The molecule has 0 aliphatic carbocycles. The third kappa shape index (κ3) is 2.92. The molecule has 0 unspecified atom stereocenters. The summed E-state index contributed by atoms with van der Waals surface area (Å²) in [6, 6.07) is 6.55. The molecule has 0 aliphatic rings. The van der Waals surface area contributed by atoms with Gasteiger partial charge in [0.1, 0.15) is 0 Å². The van der Waals surface area contributed by atoms with Crippen LogP contribution in [0.5, 0.6) is 0 Å². The molecule has 1 amide bonds. The molecular weight excluding hydrogens is 222 g/mol. The van der Waals surface area contributed by atoms with Crippen molar-refractivity contribution in [3.05, 3.63) is 34.9 Å². The van der Waals surface area contributed by atoms with E-state index in [2.05, 4.69) is 40.7 Å². The van der Waals surface area contributed by atoms with Crippen molar-refractivity contribution in [2.45, 2.75) is 60.0 Å². The quantitative estimate of drug-likeness (QED) is 0.792. The Kier molecular flexibility index (Phi) is 4.94. The van der Waals surface area contributed by atoms with Gasteiger partial charge in [-0.15, -0.1) is 0 Å². The molecule has 2 nitrogen and oxygen atoms in total. The fourth-order valence-electron chi connectivity index (χ4n) is 2.52. The number of benzene rings is 1. The summed E-state index contributed by atoms with van der Waals surface area (Å²) in [6.07, 6.45) is 0.896. The van der Waals surface area contributed by atoms with Gasteiger partial charge < -0.3 is 4.90 Å². The lowest BCUT2D eigenvalue weighted by molar-refractivity contribution is 0.0642. The van der Waals surface area contributed by atoms with Crippen LogP contribution in [0, 0.1) is 6.92 Å². The predicted octanol–water partition coefficient (Wildman–Crippen LogP) is 3.82. The number of aryl methyl sites for hydroxylation is 2. The van der Waals surface area contributed by atoms with Gasteiger partial charge in [0, 0.05) is 17.6 Å². The van der Waals surface area contributed by atoms with Crippen LogP contribution in [0.25, 0.3) is 0 Å². The number of hydrogen-bond acceptors (Lipinski definition) is 1. The van der Waals surface area contributed by atoms with Crippen LogP contribution < -0.4 is 0 Å². The smallest absolute Gasteiger partial charge is 0.254 e. The zero-order valence-electron chi connectivity index (χ0n) is 12.4. The van der Waals surface area contributed by atoms with E-state index < -0.39 is 0 Å². The maximum absolute atomic E-state index is 12.8. The largest absolute Gasteiger partial charge is 0.334 e. The minimum Gasteiger partial charge on any atom is -0.334 e. The van der Waals surface area contributed by atoms with Crippen molar-refractivity contribution < 1.29 is 4.79 Å². The van der Waals surface area contributed by atoms with Crippen LogP contribution in [0.1, 0.15) is 56.1 Å². The molecule has 0 bridgehead atoms. The first-order valence-corrected chi connectivity index (χ1v) is 6.81. The summed E-state index contributed by atoms with van der Waals surface area (Å²) in [5.74, 6) is 0.162. The Morgan fingerprint density at radius 3 is 2.17 bits per heavy atom. The van der Waals surface area contributed by atoms with Gasteiger partial charge >= 0.3 is 0 Å². The molecular formula is C16H25NO. The fraction of sp³-hybridized carbons (Fsp3) is 0.562. The van der Waals surface area contributed by atoms with E-state index in [0.29, 0.717) is 0 Å². The minimum absolute atomic E-state index is 0.162. The molecule has 18 heavy (non-hydrogen) atoms. The van der Waals surface area contributed by atoms with Crippen molar-refractivity contribution in [2.75, 3.05) is 0 Å². The molecule has 0 spiro atoms. The van der Waals surface area contributed by atoms with Gasteiger partial charge in [-0.1, -0.05) is 25.1 Å². The number of amides is 1. The van der Waals surface area contributed by atoms with E-state index in [0.717, 1.165) is 23.1 Å². The van der Waals surface area contributed by atoms with Crippen LogP contribution in [0.2, 0.25) is 0 Å². The third-order valence-corrected chi connectivity index (χ3v) is 3.30. The van der Waals surface area contributed by atoms with E-state index in [9.17, 15) is 4.79 Å². The zero-order chi connectivity index (χ0) is 13.9. The lowest BCUT2D eigenvalue weighted by Gasteiger charge is -2.32. The highest BCUT2D eigenvalue weighted by Gasteiger charge is 2.24. The topological polar surface area (TPSA) is 20.3 Å². The Hall–Kier alpha value is -1.31.